The van der Waals surface area contributed by atoms with Crippen molar-refractivity contribution in [1.29, 1.82) is 0 Å². The molecule has 0 aliphatic carbocycles. The number of fused-ring (bicyclic) bond motifs is 2. The average molecular weight is 455 g/mol. The Morgan fingerprint density at radius 3 is 3.03 bits per heavy atom. The number of benzene rings is 1. The second-order valence-electron chi connectivity index (χ2n) is 7.15. The van der Waals surface area contributed by atoms with E-state index in [2.05, 4.69) is 20.2 Å². The number of amides is 2. The number of nitrogens with two attached hydrogens (primary N) is 1. The van der Waals surface area contributed by atoms with Crippen molar-refractivity contribution in [3.63, 3.8) is 0 Å². The van der Waals surface area contributed by atoms with Gasteiger partial charge in [0, 0.05) is 36.8 Å². The minimum absolute atomic E-state index is 0.0974. The van der Waals surface area contributed by atoms with Crippen LogP contribution in [0.25, 0.3) is 21.3 Å². The lowest BCUT2D eigenvalue weighted by molar-refractivity contribution is -0.122. The maximum atomic E-state index is 11.0. The number of aromatic nitrogens is 2. The third-order valence-electron chi connectivity index (χ3n) is 4.89. The Balaban J connectivity index is 0.000000775. The number of hydrogen-bond donors (Lipinski definition) is 3. The number of ether oxygens (including phenoxy) is 1. The van der Waals surface area contributed by atoms with Crippen molar-refractivity contribution < 1.29 is 23.8 Å². The molecule has 1 aliphatic heterocycles. The zero-order valence-electron chi connectivity index (χ0n) is 16.9. The van der Waals surface area contributed by atoms with Crippen LogP contribution in [0.4, 0.5) is 4.79 Å². The quantitative estimate of drug-likeness (QED) is 0.389. The molecule has 2 amide bonds. The van der Waals surface area contributed by atoms with Gasteiger partial charge in [0.2, 0.25) is 0 Å². The van der Waals surface area contributed by atoms with Crippen molar-refractivity contribution in [1.82, 2.24) is 20.2 Å². The highest BCUT2D eigenvalue weighted by Gasteiger charge is 2.24. The molecule has 10 nitrogen and oxygen atoms in total. The van der Waals surface area contributed by atoms with Crippen LogP contribution in [0, 0.1) is 0 Å². The Kier molecular flexibility index (Phi) is 6.47. The number of carboxylic acid groups (broad SMARTS) is 1. The first-order chi connectivity index (χ1) is 15.5. The van der Waals surface area contributed by atoms with Gasteiger partial charge in [0.25, 0.3) is 11.7 Å². The molecule has 4 aromatic rings. The van der Waals surface area contributed by atoms with Gasteiger partial charge in [-0.3, -0.25) is 9.69 Å². The van der Waals surface area contributed by atoms with Crippen LogP contribution in [-0.4, -0.2) is 51.6 Å². The molecule has 1 saturated heterocycles. The van der Waals surface area contributed by atoms with Crippen molar-refractivity contribution in [2.75, 3.05) is 13.1 Å². The molecule has 1 atom stereocenters. The monoisotopic (exact) mass is 455 g/mol. The van der Waals surface area contributed by atoms with Crippen LogP contribution < -0.4 is 15.8 Å². The Labute approximate surface area is 186 Å². The van der Waals surface area contributed by atoms with Crippen LogP contribution in [0.5, 0.6) is 10.9 Å². The molecule has 3 aromatic heterocycles. The zero-order chi connectivity index (χ0) is 22.5. The number of pyridine rings is 1. The van der Waals surface area contributed by atoms with Crippen LogP contribution in [0.1, 0.15) is 12.2 Å². The summed E-state index contributed by atoms with van der Waals surface area (Å²) < 4.78 is 12.9. The summed E-state index contributed by atoms with van der Waals surface area (Å²) in [4.78, 5) is 30.2. The average Bonchev–Trinajstić information content (AvgIpc) is 3.45. The number of nitrogens with one attached hydrogen (secondary N) is 1. The van der Waals surface area contributed by atoms with Crippen molar-refractivity contribution >= 4 is 45.2 Å². The van der Waals surface area contributed by atoms with Gasteiger partial charge in [-0.25, -0.2) is 9.78 Å². The molecule has 166 valence electrons. The molecule has 1 fully saturated rings. The second-order valence-corrected chi connectivity index (χ2v) is 8.15. The summed E-state index contributed by atoms with van der Waals surface area (Å²) >= 11 is 1.46. The van der Waals surface area contributed by atoms with E-state index in [1.165, 1.54) is 11.3 Å². The molecule has 11 heteroatoms. The number of primary amides is 1. The molecule has 0 radical (unpaired) electrons. The number of carbonyl (C=O) groups excluding carboxylic acids is 1. The summed E-state index contributed by atoms with van der Waals surface area (Å²) in [5.74, 6) is 1.55. The van der Waals surface area contributed by atoms with Gasteiger partial charge >= 0.3 is 6.03 Å². The number of furan rings is 1. The minimum Gasteiger partial charge on any atom is -0.483 e. The number of rotatable bonds is 5. The van der Waals surface area contributed by atoms with Gasteiger partial charge in [0.15, 0.2) is 5.65 Å². The highest BCUT2D eigenvalue weighted by molar-refractivity contribution is 7.20. The maximum Gasteiger partial charge on any atom is 0.312 e. The molecule has 1 unspecified atom stereocenters. The molecule has 0 saturated carbocycles. The summed E-state index contributed by atoms with van der Waals surface area (Å²) in [6, 6.07) is 11.3. The zero-order valence-corrected chi connectivity index (χ0v) is 17.7. The van der Waals surface area contributed by atoms with E-state index < -0.39 is 6.03 Å². The summed E-state index contributed by atoms with van der Waals surface area (Å²) in [6.45, 7) is 2.09. The van der Waals surface area contributed by atoms with E-state index in [0.717, 1.165) is 40.9 Å². The number of urea groups is 1. The first kappa shape index (κ1) is 21.5. The maximum absolute atomic E-state index is 11.0. The fourth-order valence-electron chi connectivity index (χ4n) is 3.62. The van der Waals surface area contributed by atoms with Crippen molar-refractivity contribution in [2.45, 2.75) is 19.0 Å². The largest absolute Gasteiger partial charge is 0.483 e. The minimum atomic E-state index is -0.475. The normalized spacial score (nSPS) is 15.9. The smallest absolute Gasteiger partial charge is 0.312 e. The molecule has 4 heterocycles. The lowest BCUT2D eigenvalue weighted by Crippen LogP contribution is -2.40. The number of nitrogens with zero attached hydrogens (tertiary/aromatic N) is 3. The van der Waals surface area contributed by atoms with Crippen molar-refractivity contribution in [3.8, 4) is 10.9 Å². The van der Waals surface area contributed by atoms with Gasteiger partial charge in [-0.1, -0.05) is 11.3 Å². The third-order valence-corrected chi connectivity index (χ3v) is 5.78. The van der Waals surface area contributed by atoms with E-state index in [1.807, 2.05) is 36.4 Å². The lowest BCUT2D eigenvalue weighted by atomic mass is 10.2. The molecular weight excluding hydrogens is 434 g/mol. The van der Waals surface area contributed by atoms with Crippen molar-refractivity contribution in [2.24, 2.45) is 5.73 Å². The van der Waals surface area contributed by atoms with Gasteiger partial charge < -0.3 is 25.3 Å². The van der Waals surface area contributed by atoms with E-state index in [9.17, 15) is 4.79 Å². The highest BCUT2D eigenvalue weighted by Crippen LogP contribution is 2.32. The predicted octanol–water partition coefficient (Wildman–Crippen LogP) is 3.17. The molecular formula is C21H21N5O5S. The summed E-state index contributed by atoms with van der Waals surface area (Å²) in [5.41, 5.74) is 6.66. The molecule has 1 aromatic carbocycles. The fourth-order valence-corrected chi connectivity index (χ4v) is 4.41. The second kappa shape index (κ2) is 9.62. The van der Waals surface area contributed by atoms with Gasteiger partial charge in [-0.2, -0.15) is 4.98 Å². The molecule has 1 aliphatic rings. The first-order valence-corrected chi connectivity index (χ1v) is 10.6. The summed E-state index contributed by atoms with van der Waals surface area (Å²) in [7, 11) is 0. The number of carbonyl (C=O) groups is 2. The standard InChI is InChI=1S/C20H19N5O3S.CH2O2/c21-19(26)23-13-5-7-25(10-13)11-15-8-12-3-4-14(9-16(12)27-15)28-20-24-18-17(29-20)2-1-6-22-18;2-1-3/h1-4,6,8-9,13H,5,7,10-11H2,(H3,21,23,26);1H,(H,2,3). The first-order valence-electron chi connectivity index (χ1n) is 9.82. The molecule has 0 bridgehead atoms. The third kappa shape index (κ3) is 5.13. The number of thiazole rings is 1. The molecule has 4 N–H and O–H groups in total. The van der Waals surface area contributed by atoms with Gasteiger partial charge in [0.1, 0.15) is 17.1 Å². The van der Waals surface area contributed by atoms with Crippen LogP contribution in [0.3, 0.4) is 0 Å². The molecule has 0 spiro atoms. The lowest BCUT2D eigenvalue weighted by Gasteiger charge is -2.14. The van der Waals surface area contributed by atoms with Crippen LogP contribution in [0.15, 0.2) is 47.0 Å². The van der Waals surface area contributed by atoms with E-state index in [0.29, 0.717) is 23.1 Å². The Hall–Kier alpha value is -3.70. The highest BCUT2D eigenvalue weighted by atomic mass is 32.1. The predicted molar refractivity (Wildman–Crippen MR) is 119 cm³/mol. The van der Waals surface area contributed by atoms with E-state index in [1.54, 1.807) is 6.20 Å². The van der Waals surface area contributed by atoms with Gasteiger partial charge in [0.05, 0.1) is 11.2 Å². The van der Waals surface area contributed by atoms with E-state index in [-0.39, 0.29) is 12.5 Å². The topological polar surface area (TPSA) is 144 Å². The van der Waals surface area contributed by atoms with Crippen LogP contribution >= 0.6 is 11.3 Å². The molecule has 5 rings (SSSR count). The van der Waals surface area contributed by atoms with Crippen LogP contribution in [0.2, 0.25) is 0 Å². The van der Waals surface area contributed by atoms with Gasteiger partial charge in [-0.05, 0) is 36.8 Å². The van der Waals surface area contributed by atoms with Gasteiger partial charge in [-0.15, -0.1) is 0 Å². The summed E-state index contributed by atoms with van der Waals surface area (Å²) in [6.07, 6.45) is 2.60. The fraction of sp³-hybridized carbons (Fsp3) is 0.238. The summed E-state index contributed by atoms with van der Waals surface area (Å²) in [5, 5.41) is 11.2. The SMILES string of the molecule is NC(=O)NC1CCN(Cc2cc3ccc(Oc4nc5ncccc5s4)cc3o2)C1.O=CO. The van der Waals surface area contributed by atoms with E-state index in [4.69, 9.17) is 24.8 Å². The van der Waals surface area contributed by atoms with E-state index >= 15 is 0 Å². The number of likely N-dealkylation sites (tertiary alicyclic amines) is 1. The Morgan fingerprint density at radius 1 is 1.41 bits per heavy atom. The van der Waals surface area contributed by atoms with Crippen LogP contribution in [-0.2, 0) is 11.3 Å². The van der Waals surface area contributed by atoms with Crippen molar-refractivity contribution in [3.05, 3.63) is 48.4 Å². The Morgan fingerprint density at radius 2 is 2.25 bits per heavy atom. The molecule has 32 heavy (non-hydrogen) atoms. The number of hydrogen-bond acceptors (Lipinski definition) is 8. The Bertz CT molecular complexity index is 1210.